The molecule has 0 bridgehead atoms. The normalized spacial score (nSPS) is 11.1. The van der Waals surface area contributed by atoms with Gasteiger partial charge in [0.1, 0.15) is 0 Å². The highest BCUT2D eigenvalue weighted by Crippen LogP contribution is 2.33. The van der Waals surface area contributed by atoms with Crippen molar-refractivity contribution < 1.29 is 9.59 Å². The molecular formula is C35H32BrN3O2. The van der Waals surface area contributed by atoms with Crippen LogP contribution in [0.4, 0.5) is 0 Å². The number of hydrogen-bond acceptors (Lipinski definition) is 3. The van der Waals surface area contributed by atoms with E-state index in [0.29, 0.717) is 11.1 Å². The lowest BCUT2D eigenvalue weighted by Gasteiger charge is -2.05. The van der Waals surface area contributed by atoms with Crippen LogP contribution in [0.5, 0.6) is 0 Å². The third-order valence-corrected chi connectivity index (χ3v) is 8.02. The van der Waals surface area contributed by atoms with Crippen molar-refractivity contribution in [3.05, 3.63) is 94.0 Å². The standard InChI is InChI=1S/C18H16N2O.C17H16BrNO/c1-3-8-20-17-6-4-13(11-19)9-15(17)16-10-14(12(2)21)5-7-18(16)20;1-3-8-19-16-6-4-12(11(2)20)9-14(16)15-10-13(18)5-7-17(15)19/h4-7,9-10H,3,8H2,1-2H3;4-7,9-10H,3,8H2,1-2H3. The lowest BCUT2D eigenvalue weighted by molar-refractivity contribution is 0.100. The summed E-state index contributed by atoms with van der Waals surface area (Å²) in [5.74, 6) is 0.169. The number of ketones is 2. The van der Waals surface area contributed by atoms with Crippen molar-refractivity contribution in [2.75, 3.05) is 0 Å². The molecule has 2 aromatic heterocycles. The van der Waals surface area contributed by atoms with Crippen molar-refractivity contribution >= 4 is 71.1 Å². The maximum Gasteiger partial charge on any atom is 0.159 e. The number of benzene rings is 4. The highest BCUT2D eigenvalue weighted by atomic mass is 79.9. The summed E-state index contributed by atoms with van der Waals surface area (Å²) in [5.41, 5.74) is 6.79. The van der Waals surface area contributed by atoms with Gasteiger partial charge in [-0.15, -0.1) is 0 Å². The van der Waals surface area contributed by atoms with E-state index >= 15 is 0 Å². The molecule has 0 N–H and O–H groups in total. The summed E-state index contributed by atoms with van der Waals surface area (Å²) in [7, 11) is 0. The first-order chi connectivity index (χ1) is 19.8. The van der Waals surface area contributed by atoms with Gasteiger partial charge in [-0.1, -0.05) is 29.8 Å². The van der Waals surface area contributed by atoms with Gasteiger partial charge in [0, 0.05) is 72.3 Å². The van der Waals surface area contributed by atoms with Gasteiger partial charge in [0.2, 0.25) is 0 Å². The molecule has 0 aliphatic carbocycles. The Morgan fingerprint density at radius 1 is 0.659 bits per heavy atom. The van der Waals surface area contributed by atoms with E-state index in [2.05, 4.69) is 69.2 Å². The molecule has 0 atom stereocenters. The van der Waals surface area contributed by atoms with Gasteiger partial charge in [0.25, 0.3) is 0 Å². The minimum atomic E-state index is 0.0599. The largest absolute Gasteiger partial charge is 0.340 e. The Balaban J connectivity index is 0.000000165. The van der Waals surface area contributed by atoms with Crippen LogP contribution in [-0.2, 0) is 13.1 Å². The van der Waals surface area contributed by atoms with E-state index < -0.39 is 0 Å². The van der Waals surface area contributed by atoms with Crippen LogP contribution in [0.25, 0.3) is 43.6 Å². The molecule has 0 amide bonds. The Kier molecular flexibility index (Phi) is 8.10. The van der Waals surface area contributed by atoms with Crippen molar-refractivity contribution in [2.45, 2.75) is 53.6 Å². The van der Waals surface area contributed by atoms with Crippen LogP contribution in [-0.4, -0.2) is 20.7 Å². The van der Waals surface area contributed by atoms with Gasteiger partial charge in [-0.05, 0) is 99.5 Å². The van der Waals surface area contributed by atoms with Crippen molar-refractivity contribution in [1.29, 1.82) is 5.26 Å². The molecule has 0 unspecified atom stereocenters. The fourth-order valence-electron chi connectivity index (χ4n) is 5.62. The van der Waals surface area contributed by atoms with Crippen LogP contribution in [0.3, 0.4) is 0 Å². The number of nitrogens with zero attached hydrogens (tertiary/aromatic N) is 3. The smallest absolute Gasteiger partial charge is 0.159 e. The Labute approximate surface area is 248 Å². The zero-order valence-corrected chi connectivity index (χ0v) is 25.4. The maximum atomic E-state index is 11.6. The number of aryl methyl sites for hydroxylation is 2. The van der Waals surface area contributed by atoms with Gasteiger partial charge in [-0.2, -0.15) is 5.26 Å². The maximum absolute atomic E-state index is 11.6. The van der Waals surface area contributed by atoms with Gasteiger partial charge >= 0.3 is 0 Å². The average Bonchev–Trinajstić information content (AvgIpc) is 3.44. The summed E-state index contributed by atoms with van der Waals surface area (Å²) >= 11 is 3.54. The fraction of sp³-hybridized carbons (Fsp3) is 0.229. The molecule has 4 aromatic carbocycles. The van der Waals surface area contributed by atoms with Gasteiger partial charge < -0.3 is 9.13 Å². The van der Waals surface area contributed by atoms with Gasteiger partial charge in [-0.25, -0.2) is 0 Å². The molecular weight excluding hydrogens is 574 g/mol. The number of Topliss-reactive ketones (excluding diaryl/α,β-unsaturated/α-hetero) is 2. The van der Waals surface area contributed by atoms with Crippen LogP contribution in [0.15, 0.2) is 77.3 Å². The predicted molar refractivity (Wildman–Crippen MR) is 172 cm³/mol. The fourth-order valence-corrected chi connectivity index (χ4v) is 5.98. The minimum absolute atomic E-state index is 0.0599. The molecule has 0 radical (unpaired) electrons. The summed E-state index contributed by atoms with van der Waals surface area (Å²) in [6, 6.07) is 26.1. The van der Waals surface area contributed by atoms with Crippen molar-refractivity contribution in [1.82, 2.24) is 9.13 Å². The molecule has 0 saturated heterocycles. The monoisotopic (exact) mass is 605 g/mol. The van der Waals surface area contributed by atoms with E-state index in [1.807, 2.05) is 48.5 Å². The molecule has 0 fully saturated rings. The van der Waals surface area contributed by atoms with E-state index in [1.165, 1.54) is 16.4 Å². The first kappa shape index (κ1) is 28.3. The minimum Gasteiger partial charge on any atom is -0.340 e. The molecule has 0 aliphatic rings. The van der Waals surface area contributed by atoms with E-state index in [-0.39, 0.29) is 11.6 Å². The molecule has 0 saturated carbocycles. The highest BCUT2D eigenvalue weighted by Gasteiger charge is 2.14. The number of fused-ring (bicyclic) bond motifs is 6. The topological polar surface area (TPSA) is 67.8 Å². The number of carbonyl (C=O) groups is 2. The summed E-state index contributed by atoms with van der Waals surface area (Å²) in [6.07, 6.45) is 2.12. The van der Waals surface area contributed by atoms with Crippen molar-refractivity contribution in [3.8, 4) is 6.07 Å². The van der Waals surface area contributed by atoms with Crippen LogP contribution >= 0.6 is 15.9 Å². The number of carbonyl (C=O) groups excluding carboxylic acids is 2. The molecule has 6 aromatic rings. The number of nitriles is 1. The quantitative estimate of drug-likeness (QED) is 0.177. The Bertz CT molecular complexity index is 2010. The summed E-state index contributed by atoms with van der Waals surface area (Å²) < 4.78 is 5.66. The van der Waals surface area contributed by atoms with Gasteiger partial charge in [0.15, 0.2) is 11.6 Å². The van der Waals surface area contributed by atoms with Crippen molar-refractivity contribution in [3.63, 3.8) is 0 Å². The van der Waals surface area contributed by atoms with Crippen LogP contribution in [0.1, 0.15) is 66.8 Å². The molecule has 6 rings (SSSR count). The summed E-state index contributed by atoms with van der Waals surface area (Å²) in [4.78, 5) is 23.2. The van der Waals surface area contributed by atoms with Gasteiger partial charge in [0.05, 0.1) is 11.6 Å². The number of halogens is 1. The first-order valence-corrected chi connectivity index (χ1v) is 14.8. The summed E-state index contributed by atoms with van der Waals surface area (Å²) in [6.45, 7) is 9.42. The van der Waals surface area contributed by atoms with Gasteiger partial charge in [-0.3, -0.25) is 9.59 Å². The second-order valence-corrected chi connectivity index (χ2v) is 11.3. The number of rotatable bonds is 6. The molecule has 0 spiro atoms. The third kappa shape index (κ3) is 5.30. The average molecular weight is 607 g/mol. The zero-order valence-electron chi connectivity index (χ0n) is 23.8. The van der Waals surface area contributed by atoms with Crippen LogP contribution < -0.4 is 0 Å². The van der Waals surface area contributed by atoms with E-state index in [0.717, 1.165) is 63.2 Å². The molecule has 41 heavy (non-hydrogen) atoms. The second kappa shape index (κ2) is 11.7. The second-order valence-electron chi connectivity index (χ2n) is 10.4. The summed E-state index contributed by atoms with van der Waals surface area (Å²) in [5, 5.41) is 13.6. The lowest BCUT2D eigenvalue weighted by Crippen LogP contribution is -1.96. The van der Waals surface area contributed by atoms with Crippen LogP contribution in [0, 0.1) is 11.3 Å². The molecule has 5 nitrogen and oxygen atoms in total. The number of aromatic nitrogens is 2. The lowest BCUT2D eigenvalue weighted by atomic mass is 10.1. The van der Waals surface area contributed by atoms with Crippen molar-refractivity contribution in [2.24, 2.45) is 0 Å². The Morgan fingerprint density at radius 3 is 1.51 bits per heavy atom. The predicted octanol–water partition coefficient (Wildman–Crippen LogP) is 9.45. The SMILES string of the molecule is CCCn1c2ccc(Br)cc2c2cc(C(C)=O)ccc21.CCCn1c2ccc(C#N)cc2c2cc(C(C)=O)ccc21. The van der Waals surface area contributed by atoms with E-state index in [1.54, 1.807) is 13.8 Å². The third-order valence-electron chi connectivity index (χ3n) is 7.53. The first-order valence-electron chi connectivity index (χ1n) is 14.0. The molecule has 206 valence electrons. The zero-order chi connectivity index (χ0) is 29.3. The molecule has 2 heterocycles. The molecule has 6 heteroatoms. The Hall–Kier alpha value is -4.21. The number of hydrogen-bond donors (Lipinski definition) is 0. The van der Waals surface area contributed by atoms with E-state index in [4.69, 9.17) is 5.26 Å². The van der Waals surface area contributed by atoms with Crippen LogP contribution in [0.2, 0.25) is 0 Å². The molecule has 0 aliphatic heterocycles. The van der Waals surface area contributed by atoms with E-state index in [9.17, 15) is 9.59 Å². The highest BCUT2D eigenvalue weighted by molar-refractivity contribution is 9.10. The Morgan fingerprint density at radius 2 is 1.07 bits per heavy atom.